The van der Waals surface area contributed by atoms with Crippen LogP contribution in [0.2, 0.25) is 0 Å². The molecule has 34 heavy (non-hydrogen) atoms. The van der Waals surface area contributed by atoms with E-state index in [0.717, 1.165) is 18.5 Å². The molecule has 0 atom stereocenters. The number of aryl methyl sites for hydroxylation is 2. The van der Waals surface area contributed by atoms with E-state index in [1.807, 2.05) is 20.0 Å². The number of oxazole rings is 1. The number of nitrogens with one attached hydrogen (secondary N) is 1. The van der Waals surface area contributed by atoms with Crippen molar-refractivity contribution >= 4 is 15.7 Å². The van der Waals surface area contributed by atoms with Gasteiger partial charge in [0, 0.05) is 13.1 Å². The fourth-order valence-electron chi connectivity index (χ4n) is 3.96. The van der Waals surface area contributed by atoms with Crippen molar-refractivity contribution in [3.05, 3.63) is 95.4 Å². The smallest absolute Gasteiger partial charge is 0.229 e. The maximum atomic E-state index is 11.7. The Bertz CT molecular complexity index is 1390. The molecule has 3 aromatic carbocycles. The van der Waals surface area contributed by atoms with E-state index in [0.29, 0.717) is 29.4 Å². The second-order valence-electron chi connectivity index (χ2n) is 8.63. The van der Waals surface area contributed by atoms with Crippen LogP contribution >= 0.6 is 0 Å². The van der Waals surface area contributed by atoms with Crippen LogP contribution in [-0.4, -0.2) is 31.6 Å². The van der Waals surface area contributed by atoms with E-state index >= 15 is 0 Å². The third-order valence-electron chi connectivity index (χ3n) is 5.63. The standard InChI is InChI=1S/C27H29N3O3S/c1-19-9-5-6-10-23(19)22-15-13-21(14-16-22)17-30(3)18-26-20(2)33-27(28-26)24-11-7-8-12-25(24)29-34(4,31)32/h5-16,29H,17-18H2,1-4H3. The van der Waals surface area contributed by atoms with Crippen LogP contribution in [0.3, 0.4) is 0 Å². The molecule has 1 heterocycles. The summed E-state index contributed by atoms with van der Waals surface area (Å²) >= 11 is 0. The molecule has 0 fully saturated rings. The van der Waals surface area contributed by atoms with E-state index in [-0.39, 0.29) is 0 Å². The van der Waals surface area contributed by atoms with Gasteiger partial charge >= 0.3 is 0 Å². The Morgan fingerprint density at radius 2 is 1.53 bits per heavy atom. The lowest BCUT2D eigenvalue weighted by molar-refractivity contribution is 0.313. The molecule has 4 aromatic rings. The SMILES string of the molecule is Cc1ccccc1-c1ccc(CN(C)Cc2nc(-c3ccccc3NS(C)(=O)=O)oc2C)cc1. The highest BCUT2D eigenvalue weighted by Crippen LogP contribution is 2.30. The van der Waals surface area contributed by atoms with Crippen LogP contribution in [0.1, 0.15) is 22.6 Å². The minimum absolute atomic E-state index is 0.398. The van der Waals surface area contributed by atoms with Crippen LogP contribution in [0.5, 0.6) is 0 Å². The van der Waals surface area contributed by atoms with Gasteiger partial charge in [0.2, 0.25) is 15.9 Å². The van der Waals surface area contributed by atoms with Crippen LogP contribution in [0, 0.1) is 13.8 Å². The maximum Gasteiger partial charge on any atom is 0.229 e. The van der Waals surface area contributed by atoms with Gasteiger partial charge in [-0.2, -0.15) is 0 Å². The van der Waals surface area contributed by atoms with E-state index in [9.17, 15) is 8.42 Å². The molecule has 0 aliphatic rings. The van der Waals surface area contributed by atoms with Crippen LogP contribution < -0.4 is 4.72 Å². The monoisotopic (exact) mass is 475 g/mol. The Kier molecular flexibility index (Phi) is 6.86. The third-order valence-corrected chi connectivity index (χ3v) is 6.22. The first kappa shape index (κ1) is 23.7. The lowest BCUT2D eigenvalue weighted by Gasteiger charge is -2.16. The van der Waals surface area contributed by atoms with Gasteiger partial charge < -0.3 is 4.42 Å². The lowest BCUT2D eigenvalue weighted by Crippen LogP contribution is -2.18. The fourth-order valence-corrected chi connectivity index (χ4v) is 4.54. The van der Waals surface area contributed by atoms with Crippen molar-refractivity contribution in [2.75, 3.05) is 18.0 Å². The van der Waals surface area contributed by atoms with Crippen molar-refractivity contribution in [3.63, 3.8) is 0 Å². The molecule has 4 rings (SSSR count). The quantitative estimate of drug-likeness (QED) is 0.357. The number of anilines is 1. The first-order chi connectivity index (χ1) is 16.2. The molecule has 0 spiro atoms. The number of hydrogen-bond donors (Lipinski definition) is 1. The number of rotatable bonds is 8. The lowest BCUT2D eigenvalue weighted by atomic mass is 9.99. The Hall–Kier alpha value is -3.42. The number of aromatic nitrogens is 1. The molecule has 0 bridgehead atoms. The topological polar surface area (TPSA) is 75.4 Å². The predicted octanol–water partition coefficient (Wildman–Crippen LogP) is 5.63. The molecular weight excluding hydrogens is 446 g/mol. The summed E-state index contributed by atoms with van der Waals surface area (Å²) in [5.74, 6) is 1.11. The highest BCUT2D eigenvalue weighted by atomic mass is 32.2. The molecule has 176 valence electrons. The summed E-state index contributed by atoms with van der Waals surface area (Å²) in [6.45, 7) is 5.38. The van der Waals surface area contributed by atoms with Gasteiger partial charge in [-0.15, -0.1) is 0 Å². The van der Waals surface area contributed by atoms with Crippen molar-refractivity contribution < 1.29 is 12.8 Å². The number of para-hydroxylation sites is 1. The fraction of sp³-hybridized carbons (Fsp3) is 0.222. The Morgan fingerprint density at radius 1 is 0.882 bits per heavy atom. The number of hydrogen-bond acceptors (Lipinski definition) is 5. The van der Waals surface area contributed by atoms with Crippen LogP contribution in [0.15, 0.2) is 77.2 Å². The molecule has 1 N–H and O–H groups in total. The van der Waals surface area contributed by atoms with Gasteiger partial charge in [0.05, 0.1) is 23.2 Å². The van der Waals surface area contributed by atoms with Gasteiger partial charge in [0.1, 0.15) is 5.76 Å². The van der Waals surface area contributed by atoms with E-state index in [1.54, 1.807) is 18.2 Å². The number of benzene rings is 3. The van der Waals surface area contributed by atoms with Crippen molar-refractivity contribution in [2.24, 2.45) is 0 Å². The Balaban J connectivity index is 1.47. The summed E-state index contributed by atoms with van der Waals surface area (Å²) in [7, 11) is -1.37. The zero-order valence-electron chi connectivity index (χ0n) is 19.9. The van der Waals surface area contributed by atoms with Gasteiger partial charge in [-0.05, 0) is 55.3 Å². The number of sulfonamides is 1. The van der Waals surface area contributed by atoms with Crippen LogP contribution in [-0.2, 0) is 23.1 Å². The summed E-state index contributed by atoms with van der Waals surface area (Å²) in [6, 6.07) is 24.1. The van der Waals surface area contributed by atoms with Crippen molar-refractivity contribution in [1.82, 2.24) is 9.88 Å². The molecule has 0 saturated carbocycles. The van der Waals surface area contributed by atoms with E-state index < -0.39 is 10.0 Å². The molecule has 0 aliphatic heterocycles. The summed E-state index contributed by atoms with van der Waals surface area (Å²) in [5, 5.41) is 0. The summed E-state index contributed by atoms with van der Waals surface area (Å²) in [4.78, 5) is 6.85. The van der Waals surface area contributed by atoms with Gasteiger partial charge in [-0.3, -0.25) is 9.62 Å². The van der Waals surface area contributed by atoms with E-state index in [1.165, 1.54) is 22.3 Å². The second kappa shape index (κ2) is 9.83. The largest absolute Gasteiger partial charge is 0.441 e. The molecule has 0 aliphatic carbocycles. The highest BCUT2D eigenvalue weighted by molar-refractivity contribution is 7.92. The Morgan fingerprint density at radius 3 is 2.21 bits per heavy atom. The maximum absolute atomic E-state index is 11.7. The molecule has 6 nitrogen and oxygen atoms in total. The molecule has 7 heteroatoms. The zero-order valence-corrected chi connectivity index (χ0v) is 20.7. The van der Waals surface area contributed by atoms with Gasteiger partial charge in [0.25, 0.3) is 0 Å². The van der Waals surface area contributed by atoms with Gasteiger partial charge in [-0.25, -0.2) is 13.4 Å². The molecule has 1 aromatic heterocycles. The molecule has 0 saturated heterocycles. The van der Waals surface area contributed by atoms with E-state index in [4.69, 9.17) is 4.42 Å². The molecular formula is C27H29N3O3S. The highest BCUT2D eigenvalue weighted by Gasteiger charge is 2.17. The Labute approximate surface area is 201 Å². The first-order valence-corrected chi connectivity index (χ1v) is 13.0. The van der Waals surface area contributed by atoms with E-state index in [2.05, 4.69) is 70.1 Å². The third kappa shape index (κ3) is 5.73. The molecule has 0 amide bonds. The molecule has 0 unspecified atom stereocenters. The molecule has 0 radical (unpaired) electrons. The average molecular weight is 476 g/mol. The summed E-state index contributed by atoms with van der Waals surface area (Å²) < 4.78 is 31.9. The van der Waals surface area contributed by atoms with Gasteiger partial charge in [0.15, 0.2) is 0 Å². The van der Waals surface area contributed by atoms with Crippen molar-refractivity contribution in [1.29, 1.82) is 0 Å². The normalized spacial score (nSPS) is 11.7. The van der Waals surface area contributed by atoms with Crippen LogP contribution in [0.4, 0.5) is 5.69 Å². The predicted molar refractivity (Wildman–Crippen MR) is 137 cm³/mol. The second-order valence-corrected chi connectivity index (χ2v) is 10.4. The van der Waals surface area contributed by atoms with Crippen molar-refractivity contribution in [3.8, 4) is 22.6 Å². The minimum atomic E-state index is -3.42. The minimum Gasteiger partial charge on any atom is -0.441 e. The number of nitrogens with zero attached hydrogens (tertiary/aromatic N) is 2. The summed E-state index contributed by atoms with van der Waals surface area (Å²) in [5.41, 5.74) is 6.81. The average Bonchev–Trinajstić information content (AvgIpc) is 3.14. The van der Waals surface area contributed by atoms with Crippen LogP contribution in [0.25, 0.3) is 22.6 Å². The summed E-state index contributed by atoms with van der Waals surface area (Å²) in [6.07, 6.45) is 1.12. The van der Waals surface area contributed by atoms with Crippen molar-refractivity contribution in [2.45, 2.75) is 26.9 Å². The first-order valence-electron chi connectivity index (χ1n) is 11.1. The van der Waals surface area contributed by atoms with Gasteiger partial charge in [-0.1, -0.05) is 60.7 Å². The zero-order chi connectivity index (χ0) is 24.3.